The van der Waals surface area contributed by atoms with E-state index in [9.17, 15) is 24.3 Å². The number of rotatable bonds is 16. The number of carbonyl (C=O) groups excluding carboxylic acids is 4. The number of amides is 3. The Balaban J connectivity index is 1.49. The van der Waals surface area contributed by atoms with Gasteiger partial charge in [-0.2, -0.15) is 0 Å². The van der Waals surface area contributed by atoms with Crippen molar-refractivity contribution in [1.29, 1.82) is 0 Å². The number of benzene rings is 2. The van der Waals surface area contributed by atoms with Crippen LogP contribution in [0.1, 0.15) is 48.5 Å². The Bertz CT molecular complexity index is 1540. The number of nitrogens with one attached hydrogen (secondary N) is 1. The molecule has 3 amide bonds. The number of hydrogen-bond acceptors (Lipinski definition) is 8. The number of nitrogens with zero attached hydrogens (tertiary/aromatic N) is 2. The Labute approximate surface area is 287 Å². The molecule has 1 spiro atoms. The molecule has 0 aromatic heterocycles. The lowest BCUT2D eigenvalue weighted by molar-refractivity contribution is -0.163. The van der Waals surface area contributed by atoms with Crippen LogP contribution in [-0.2, 0) is 33.4 Å². The zero-order chi connectivity index (χ0) is 35.3. The third-order valence-corrected chi connectivity index (χ3v) is 9.94. The fourth-order valence-corrected chi connectivity index (χ4v) is 7.97. The second-order valence-electron chi connectivity index (χ2n) is 13.0. The predicted octanol–water partition coefficient (Wildman–Crippen LogP) is 3.57. The summed E-state index contributed by atoms with van der Waals surface area (Å²) in [6.45, 7) is 11.2. The molecule has 0 radical (unpaired) electrons. The minimum atomic E-state index is -1.29. The summed E-state index contributed by atoms with van der Waals surface area (Å²) in [4.78, 5) is 59.2. The average molecular weight is 674 g/mol. The van der Waals surface area contributed by atoms with E-state index in [1.165, 1.54) is 12.0 Å². The molecule has 0 aliphatic carbocycles. The molecule has 2 aromatic carbocycles. The van der Waals surface area contributed by atoms with Crippen LogP contribution in [0.4, 0.5) is 5.69 Å². The van der Waals surface area contributed by atoms with Crippen LogP contribution in [-0.4, -0.2) is 90.9 Å². The molecule has 5 rings (SSSR count). The number of aryl methyl sites for hydroxylation is 2. The van der Waals surface area contributed by atoms with E-state index in [4.69, 9.17) is 14.2 Å². The standard InChI is InChI=1S/C38H47N3O8/c1-6-8-17-29(43)39-27(23-47-5)33(26-15-10-9-11-16-26)48-37(46)30-28-18-19-38(49-28)31(30)35(44)41(21-22-42)34(38)36(45)40(20-7-2)32-24(3)13-12-14-25(32)4/h6-7,9-16,27-28,30-31,33-34,42H,1-2,8,17-23H2,3-5H3,(H,39,43)/t27-,28+,30-,31-,33-,34+,38-/m1/s1. The summed E-state index contributed by atoms with van der Waals surface area (Å²) in [5.74, 6) is -3.70. The number of likely N-dealkylation sites (tertiary alicyclic amines) is 1. The van der Waals surface area contributed by atoms with Gasteiger partial charge >= 0.3 is 5.97 Å². The van der Waals surface area contributed by atoms with Gasteiger partial charge in [-0.25, -0.2) is 0 Å². The third-order valence-electron chi connectivity index (χ3n) is 9.94. The first-order chi connectivity index (χ1) is 23.6. The van der Waals surface area contributed by atoms with Gasteiger partial charge in [0.2, 0.25) is 11.8 Å². The highest BCUT2D eigenvalue weighted by molar-refractivity contribution is 6.05. The van der Waals surface area contributed by atoms with Crippen LogP contribution < -0.4 is 10.2 Å². The molecule has 3 fully saturated rings. The predicted molar refractivity (Wildman–Crippen MR) is 183 cm³/mol. The number of allylic oxidation sites excluding steroid dienone is 1. The SMILES string of the molecule is C=CCCC(=O)N[C@H](COC)[C@H](OC(=O)[C@@H]1[C@@H]2CC[C@]3(O2)[C@H](C(=O)N(CC=C)c2c(C)cccc2C)N(CCO)C(=O)[C@@H]13)c1ccccc1. The van der Waals surface area contributed by atoms with Crippen molar-refractivity contribution in [3.63, 3.8) is 0 Å². The first-order valence-corrected chi connectivity index (χ1v) is 16.9. The second-order valence-corrected chi connectivity index (χ2v) is 13.0. The summed E-state index contributed by atoms with van der Waals surface area (Å²) in [7, 11) is 1.50. The number of para-hydroxylation sites is 1. The van der Waals surface area contributed by atoms with Crippen LogP contribution >= 0.6 is 0 Å². The van der Waals surface area contributed by atoms with Gasteiger partial charge < -0.3 is 34.4 Å². The lowest BCUT2D eigenvalue weighted by Crippen LogP contribution is -2.57. The number of hydrogen-bond donors (Lipinski definition) is 2. The fourth-order valence-electron chi connectivity index (χ4n) is 7.97. The largest absolute Gasteiger partial charge is 0.455 e. The van der Waals surface area contributed by atoms with Crippen LogP contribution in [0.25, 0.3) is 0 Å². The van der Waals surface area contributed by atoms with E-state index in [1.54, 1.807) is 29.2 Å². The van der Waals surface area contributed by atoms with Crippen molar-refractivity contribution in [2.24, 2.45) is 11.8 Å². The highest BCUT2D eigenvalue weighted by Gasteiger charge is 2.75. The molecule has 0 saturated carbocycles. The van der Waals surface area contributed by atoms with Crippen molar-refractivity contribution < 1.29 is 38.5 Å². The van der Waals surface area contributed by atoms with Gasteiger partial charge in [0.05, 0.1) is 37.2 Å². The minimum Gasteiger partial charge on any atom is -0.455 e. The third kappa shape index (κ3) is 6.79. The quantitative estimate of drug-likeness (QED) is 0.204. The highest BCUT2D eigenvalue weighted by Crippen LogP contribution is 2.59. The Morgan fingerprint density at radius 1 is 1.12 bits per heavy atom. The number of β-amino-alcohol motifs (C(OH)–C–C–N with tert-alkyl or cyclic N) is 1. The molecule has 2 bridgehead atoms. The van der Waals surface area contributed by atoms with Gasteiger partial charge in [-0.15, -0.1) is 13.2 Å². The van der Waals surface area contributed by atoms with E-state index < -0.39 is 53.6 Å². The van der Waals surface area contributed by atoms with E-state index in [0.717, 1.165) is 16.8 Å². The maximum atomic E-state index is 14.7. The summed E-state index contributed by atoms with van der Waals surface area (Å²) in [6.07, 6.45) is 3.21. The van der Waals surface area contributed by atoms with Crippen LogP contribution in [0.2, 0.25) is 0 Å². The van der Waals surface area contributed by atoms with Crippen molar-refractivity contribution in [3.05, 3.63) is 90.5 Å². The van der Waals surface area contributed by atoms with Gasteiger partial charge in [-0.1, -0.05) is 60.7 Å². The molecule has 3 saturated heterocycles. The number of anilines is 1. The Morgan fingerprint density at radius 2 is 1.84 bits per heavy atom. The fraction of sp³-hybridized carbons (Fsp3) is 0.474. The summed E-state index contributed by atoms with van der Waals surface area (Å²) >= 11 is 0. The van der Waals surface area contributed by atoms with Gasteiger partial charge in [-0.05, 0) is 49.8 Å². The van der Waals surface area contributed by atoms with E-state index in [-0.39, 0.29) is 44.5 Å². The summed E-state index contributed by atoms with van der Waals surface area (Å²) in [5.41, 5.74) is 1.84. The molecule has 49 heavy (non-hydrogen) atoms. The molecular weight excluding hydrogens is 626 g/mol. The van der Waals surface area contributed by atoms with Crippen LogP contribution in [0, 0.1) is 25.7 Å². The van der Waals surface area contributed by atoms with E-state index in [1.807, 2.05) is 50.2 Å². The molecule has 2 aromatic rings. The molecule has 11 heteroatoms. The molecule has 2 N–H and O–H groups in total. The van der Waals surface area contributed by atoms with E-state index in [2.05, 4.69) is 18.5 Å². The maximum absolute atomic E-state index is 14.7. The highest BCUT2D eigenvalue weighted by atomic mass is 16.6. The van der Waals surface area contributed by atoms with Crippen molar-refractivity contribution >= 4 is 29.4 Å². The Kier molecular flexibility index (Phi) is 11.4. The monoisotopic (exact) mass is 673 g/mol. The number of aliphatic hydroxyl groups is 1. The topological polar surface area (TPSA) is 135 Å². The zero-order valence-corrected chi connectivity index (χ0v) is 28.5. The Hall–Kier alpha value is -4.32. The molecule has 262 valence electrons. The molecule has 11 nitrogen and oxygen atoms in total. The summed E-state index contributed by atoms with van der Waals surface area (Å²) < 4.78 is 18.3. The number of esters is 1. The lowest BCUT2D eigenvalue weighted by Gasteiger charge is -2.37. The molecule has 3 heterocycles. The van der Waals surface area contributed by atoms with Gasteiger partial charge in [0.15, 0.2) is 0 Å². The normalized spacial score (nSPS) is 25.0. The molecule has 3 aliphatic heterocycles. The van der Waals surface area contributed by atoms with E-state index in [0.29, 0.717) is 24.8 Å². The minimum absolute atomic E-state index is 0.0574. The maximum Gasteiger partial charge on any atom is 0.313 e. The summed E-state index contributed by atoms with van der Waals surface area (Å²) in [6, 6.07) is 13.0. The second kappa shape index (κ2) is 15.5. The van der Waals surface area contributed by atoms with Crippen molar-refractivity contribution in [2.45, 2.75) is 69.4 Å². The zero-order valence-electron chi connectivity index (χ0n) is 28.5. The van der Waals surface area contributed by atoms with Gasteiger partial charge in [-0.3, -0.25) is 19.2 Å². The lowest BCUT2D eigenvalue weighted by atomic mass is 9.70. The number of aliphatic hydroxyl groups excluding tert-OH is 1. The van der Waals surface area contributed by atoms with Crippen LogP contribution in [0.5, 0.6) is 0 Å². The van der Waals surface area contributed by atoms with Crippen molar-refractivity contribution in [1.82, 2.24) is 10.2 Å². The van der Waals surface area contributed by atoms with Crippen molar-refractivity contribution in [2.75, 3.05) is 38.3 Å². The average Bonchev–Trinajstić information content (AvgIpc) is 3.73. The number of ether oxygens (including phenoxy) is 3. The number of methoxy groups -OCH3 is 1. The van der Waals surface area contributed by atoms with Gasteiger partial charge in [0, 0.05) is 32.3 Å². The van der Waals surface area contributed by atoms with Crippen LogP contribution in [0.15, 0.2) is 73.8 Å². The smallest absolute Gasteiger partial charge is 0.313 e. The first-order valence-electron chi connectivity index (χ1n) is 16.9. The van der Waals surface area contributed by atoms with E-state index >= 15 is 0 Å². The first kappa shape index (κ1) is 36.0. The Morgan fingerprint density at radius 3 is 2.47 bits per heavy atom. The molecular formula is C38H47N3O8. The van der Waals surface area contributed by atoms with Crippen LogP contribution in [0.3, 0.4) is 0 Å². The number of carbonyl (C=O) groups is 4. The van der Waals surface area contributed by atoms with Crippen molar-refractivity contribution in [3.8, 4) is 0 Å². The molecule has 7 atom stereocenters. The molecule has 3 aliphatic rings. The van der Waals surface area contributed by atoms with Gasteiger partial charge in [0.25, 0.3) is 5.91 Å². The summed E-state index contributed by atoms with van der Waals surface area (Å²) in [5, 5.41) is 13.0. The molecule has 0 unspecified atom stereocenters. The number of fused-ring (bicyclic) bond motifs is 1. The van der Waals surface area contributed by atoms with Gasteiger partial charge in [0.1, 0.15) is 17.7 Å².